The smallest absolute Gasteiger partial charge is 0.343 e. The molecule has 13 atom stereocenters. The van der Waals surface area contributed by atoms with Gasteiger partial charge in [0.05, 0.1) is 12.5 Å². The van der Waals surface area contributed by atoms with E-state index < -0.39 is 155 Å². The molecular weight excluding hydrogens is 1260 g/mol. The highest BCUT2D eigenvalue weighted by Crippen LogP contribution is 2.44. The number of hydrogen-bond acceptors (Lipinski definition) is 11. The highest BCUT2D eigenvalue weighted by Gasteiger charge is 2.52. The summed E-state index contributed by atoms with van der Waals surface area (Å²) in [6, 6.07) is -9.58. The summed E-state index contributed by atoms with van der Waals surface area (Å²) in [5.41, 5.74) is -1.46. The van der Waals surface area contributed by atoms with Crippen molar-refractivity contribution in [3.63, 3.8) is 0 Å². The van der Waals surface area contributed by atoms with Crippen molar-refractivity contribution in [2.24, 2.45) is 41.4 Å². The fraction of sp³-hybridized carbons (Fsp3) is 0.843. The Morgan fingerprint density at radius 1 is 0.594 bits per heavy atom. The number of rotatable bonds is 10. The minimum atomic E-state index is -4.49. The second-order valence-corrected chi connectivity index (χ2v) is 30.9. The fourth-order valence-electron chi connectivity index (χ4n) is 16.2. The van der Waals surface area contributed by atoms with Crippen LogP contribution in [0.15, 0.2) is 0 Å². The molecule has 7 rings (SSSR count). The van der Waals surface area contributed by atoms with Crippen LogP contribution in [0.4, 0.5) is 13.2 Å². The minimum Gasteiger partial charge on any atom is -0.343 e. The van der Waals surface area contributed by atoms with Crippen LogP contribution in [0, 0.1) is 41.4 Å². The van der Waals surface area contributed by atoms with Crippen molar-refractivity contribution >= 4 is 76.6 Å². The second-order valence-electron chi connectivity index (χ2n) is 30.4. The molecule has 11 amide bonds. The first-order chi connectivity index (χ1) is 45.2. The Morgan fingerprint density at radius 3 is 1.81 bits per heavy atom. The summed E-state index contributed by atoms with van der Waals surface area (Å²) in [6.07, 6.45) is 6.16. The van der Waals surface area contributed by atoms with E-state index in [1.807, 2.05) is 20.8 Å². The number of carbonyl (C=O) groups is 11. The number of alkyl halides is 4. The van der Waals surface area contributed by atoms with E-state index in [9.17, 15) is 46.7 Å². The maximum Gasteiger partial charge on any atom is 0.393 e. The number of carbonyl (C=O) groups excluding carboxylic acids is 11. The average Bonchev–Trinajstić information content (AvgIpc) is 1.41. The maximum atomic E-state index is 15.5. The molecule has 26 heteroatoms. The Hall–Kier alpha value is -5.75. The molecular formula is C70H113ClF3N11O11. The lowest BCUT2D eigenvalue weighted by Crippen LogP contribution is -2.65. The Balaban J connectivity index is 1.24. The van der Waals surface area contributed by atoms with Gasteiger partial charge in [0.1, 0.15) is 53.9 Å². The van der Waals surface area contributed by atoms with E-state index in [0.717, 1.165) is 44.9 Å². The SMILES string of the molecule is CC[C@H](C)[C@@H]1NC(=O)[C@H](CC(C)C)N(C)C(=O)C[C@@H](C)N(C)C(=O)[C@H](C2CCCCC2)N(C)C(=O)C2(CCCC2)NC(=O)[C@@H]2CCCN2C(=O)[C@H](CCC2CCC(C(F)(F)F)C(Cl)C2)NC(=O)CN(C)C(=O)[C@H](CC2CCC(C)CC2)NC(=O)[C@@H]2CCN2C(=O)[C@H](C)N(C)C1=O. The molecule has 96 heavy (non-hydrogen) atoms. The molecule has 0 aromatic carbocycles. The predicted octanol–water partition coefficient (Wildman–Crippen LogP) is 6.93. The number of nitrogens with one attached hydrogen (secondary N) is 4. The normalized spacial score (nSPS) is 33.2. The van der Waals surface area contributed by atoms with Gasteiger partial charge in [0.25, 0.3) is 0 Å². The zero-order valence-corrected chi connectivity index (χ0v) is 60.0. The molecule has 22 nitrogen and oxygen atoms in total. The number of hydrogen-bond donors (Lipinski definition) is 4. The molecule has 7 fully saturated rings. The van der Waals surface area contributed by atoms with Crippen LogP contribution in [-0.4, -0.2) is 226 Å². The third-order valence-corrected chi connectivity index (χ3v) is 23.5. The van der Waals surface area contributed by atoms with Crippen LogP contribution < -0.4 is 21.3 Å². The van der Waals surface area contributed by atoms with E-state index in [1.54, 1.807) is 34.9 Å². The molecule has 3 heterocycles. The quantitative estimate of drug-likeness (QED) is 0.163. The van der Waals surface area contributed by atoms with Gasteiger partial charge in [-0.25, -0.2) is 0 Å². The summed E-state index contributed by atoms with van der Waals surface area (Å²) in [5, 5.41) is 10.7. The van der Waals surface area contributed by atoms with Crippen LogP contribution in [-0.2, 0) is 52.7 Å². The van der Waals surface area contributed by atoms with E-state index in [-0.39, 0.29) is 114 Å². The van der Waals surface area contributed by atoms with Crippen molar-refractivity contribution < 1.29 is 65.9 Å². The number of amides is 11. The Morgan fingerprint density at radius 2 is 1.22 bits per heavy atom. The minimum absolute atomic E-state index is 0.0189. The van der Waals surface area contributed by atoms with Gasteiger partial charge in [-0.3, -0.25) is 52.7 Å². The summed E-state index contributed by atoms with van der Waals surface area (Å²) >= 11 is 6.40. The van der Waals surface area contributed by atoms with Gasteiger partial charge in [-0.2, -0.15) is 13.2 Å². The van der Waals surface area contributed by atoms with Crippen molar-refractivity contribution in [1.82, 2.24) is 55.6 Å². The first kappa shape index (κ1) is 77.6. The fourth-order valence-corrected chi connectivity index (χ4v) is 16.7. The predicted molar refractivity (Wildman–Crippen MR) is 357 cm³/mol. The number of nitrogens with zero attached hydrogens (tertiary/aromatic N) is 7. The molecule has 4 N–H and O–H groups in total. The Bertz CT molecular complexity index is 2780. The van der Waals surface area contributed by atoms with Crippen molar-refractivity contribution in [2.45, 2.75) is 280 Å². The van der Waals surface area contributed by atoms with E-state index in [2.05, 4.69) is 28.2 Å². The van der Waals surface area contributed by atoms with E-state index >= 15 is 19.2 Å². The van der Waals surface area contributed by atoms with Crippen molar-refractivity contribution in [1.29, 1.82) is 0 Å². The van der Waals surface area contributed by atoms with E-state index in [4.69, 9.17) is 11.6 Å². The molecule has 3 saturated heterocycles. The maximum absolute atomic E-state index is 15.5. The molecule has 0 aromatic heterocycles. The first-order valence-electron chi connectivity index (χ1n) is 36.0. The zero-order chi connectivity index (χ0) is 70.8. The monoisotopic (exact) mass is 1380 g/mol. The van der Waals surface area contributed by atoms with Crippen LogP contribution in [0.1, 0.15) is 209 Å². The molecule has 1 spiro atoms. The van der Waals surface area contributed by atoms with Crippen LogP contribution >= 0.6 is 11.6 Å². The van der Waals surface area contributed by atoms with Gasteiger partial charge in [-0.15, -0.1) is 11.6 Å². The third-order valence-electron chi connectivity index (χ3n) is 23.0. The third kappa shape index (κ3) is 18.8. The van der Waals surface area contributed by atoms with Gasteiger partial charge < -0.3 is 55.6 Å². The average molecular weight is 1380 g/mol. The molecule has 4 saturated carbocycles. The highest BCUT2D eigenvalue weighted by molar-refractivity contribution is 6.20. The molecule has 0 radical (unpaired) electrons. The van der Waals surface area contributed by atoms with Crippen molar-refractivity contribution in [2.75, 3.05) is 54.9 Å². The van der Waals surface area contributed by atoms with Gasteiger partial charge in [0.15, 0.2) is 0 Å². The number of halogens is 4. The molecule has 0 bridgehead atoms. The lowest BCUT2D eigenvalue weighted by molar-refractivity contribution is -0.182. The highest BCUT2D eigenvalue weighted by atomic mass is 35.5. The Kier molecular flexibility index (Phi) is 27.4. The lowest BCUT2D eigenvalue weighted by Gasteiger charge is -2.43. The van der Waals surface area contributed by atoms with Crippen molar-refractivity contribution in [3.8, 4) is 0 Å². The first-order valence-corrected chi connectivity index (χ1v) is 36.5. The number of fused-ring (bicyclic) bond motifs is 2. The zero-order valence-electron chi connectivity index (χ0n) is 59.2. The second kappa shape index (κ2) is 33.9. The van der Waals surface area contributed by atoms with Gasteiger partial charge in [0, 0.05) is 66.2 Å². The van der Waals surface area contributed by atoms with Gasteiger partial charge >= 0.3 is 6.18 Å². The summed E-state index contributed by atoms with van der Waals surface area (Å²) in [6.45, 7) is 12.6. The van der Waals surface area contributed by atoms with Gasteiger partial charge in [0.2, 0.25) is 65.0 Å². The lowest BCUT2D eigenvalue weighted by atomic mass is 9.78. The summed E-state index contributed by atoms with van der Waals surface area (Å²) < 4.78 is 41.9. The molecule has 7 aliphatic rings. The Labute approximate surface area is 572 Å². The molecule has 542 valence electrons. The largest absolute Gasteiger partial charge is 0.393 e. The van der Waals surface area contributed by atoms with Gasteiger partial charge in [-0.1, -0.05) is 98.8 Å². The van der Waals surface area contributed by atoms with Crippen LogP contribution in [0.2, 0.25) is 0 Å². The van der Waals surface area contributed by atoms with Crippen molar-refractivity contribution in [3.05, 3.63) is 0 Å². The molecule has 4 aliphatic carbocycles. The molecule has 3 unspecified atom stereocenters. The molecule has 0 aromatic rings. The standard InChI is InChI=1S/C70H113ClF3N11O11/c1-13-43(5)58-66(94)81(10)45(7)63(91)85-35-31-54(85)60(88)76-52(39-47-25-23-42(4)24-26-47)64(92)79(8)40-56(86)75-51(30-28-46-27-29-49(50(71)38-46)70(72,73)74)65(93)84-34-19-22-53(84)62(90)78-69(32-17-18-33-69)68(96)83(12)59(48-20-15-14-16-21-48)67(95)80(9)44(6)37-57(87)82(11)55(36-41(2)3)61(89)77-58/h41-55,58-59H,13-40H2,1-12H3,(H,75,86)(H,76,88)(H,77,89)(H,78,90)/t42?,43-,44+,45-,46?,47?,49?,50?,51-,52-,53-,54-,55-,58-,59-/m0/s1. The van der Waals surface area contributed by atoms with Gasteiger partial charge in [-0.05, 0) is 139 Å². The topological polar surface area (TPSA) is 259 Å². The van der Waals surface area contributed by atoms with Crippen LogP contribution in [0.25, 0.3) is 0 Å². The van der Waals surface area contributed by atoms with Crippen LogP contribution in [0.3, 0.4) is 0 Å². The van der Waals surface area contributed by atoms with E-state index in [1.165, 1.54) is 55.4 Å². The summed E-state index contributed by atoms with van der Waals surface area (Å²) in [5.74, 6) is -8.47. The van der Waals surface area contributed by atoms with Crippen LogP contribution in [0.5, 0.6) is 0 Å². The summed E-state index contributed by atoms with van der Waals surface area (Å²) in [7, 11) is 7.57. The summed E-state index contributed by atoms with van der Waals surface area (Å²) in [4.78, 5) is 173. The molecule has 3 aliphatic heterocycles. The van der Waals surface area contributed by atoms with E-state index in [0.29, 0.717) is 44.4 Å². The number of likely N-dealkylation sites (N-methyl/N-ethyl adjacent to an activating group) is 5.